The molecule has 0 saturated carbocycles. The Balaban J connectivity index is 2.92. The summed E-state index contributed by atoms with van der Waals surface area (Å²) in [6.45, 7) is 6.21. The molecule has 0 saturated heterocycles. The van der Waals surface area contributed by atoms with E-state index in [0.717, 1.165) is 36.0 Å². The second-order valence-electron chi connectivity index (χ2n) is 5.63. The van der Waals surface area contributed by atoms with E-state index in [1.54, 1.807) is 0 Å². The Morgan fingerprint density at radius 3 is 2.11 bits per heavy atom. The highest BCUT2D eigenvalue weighted by Crippen LogP contribution is 2.37. The monoisotopic (exact) mass is 266 g/mol. The molecule has 0 aromatic heterocycles. The lowest BCUT2D eigenvalue weighted by Gasteiger charge is -2.27. The van der Waals surface area contributed by atoms with Crippen molar-refractivity contribution in [3.63, 3.8) is 0 Å². The van der Waals surface area contributed by atoms with Gasteiger partial charge in [-0.1, -0.05) is 49.1 Å². The fourth-order valence-electron chi connectivity index (χ4n) is 2.66. The summed E-state index contributed by atoms with van der Waals surface area (Å²) in [5.41, 5.74) is 1.72. The van der Waals surface area contributed by atoms with E-state index >= 15 is 4.39 Å². The molecule has 19 heavy (non-hydrogen) atoms. The van der Waals surface area contributed by atoms with Gasteiger partial charge >= 0.3 is 0 Å². The van der Waals surface area contributed by atoms with Gasteiger partial charge in [0.25, 0.3) is 0 Å². The first kappa shape index (κ1) is 16.2. The first-order valence-electron chi connectivity index (χ1n) is 7.40. The topological polar surface area (TPSA) is 20.2 Å². The molecule has 1 atom stereocenters. The lowest BCUT2D eigenvalue weighted by Crippen LogP contribution is -2.21. The number of aliphatic hydroxyl groups is 1. The van der Waals surface area contributed by atoms with Crippen molar-refractivity contribution in [1.82, 2.24) is 0 Å². The number of hydrogen-bond acceptors (Lipinski definition) is 1. The summed E-state index contributed by atoms with van der Waals surface area (Å²) in [5, 5.41) is 8.99. The van der Waals surface area contributed by atoms with Crippen LogP contribution in [0.3, 0.4) is 0 Å². The molecule has 0 fully saturated rings. The number of alkyl halides is 1. The standard InChI is InChI=1S/C17H27FO/c1-4-5-6-8-17(18,9-7-10-19)16-12-14(2)11-15(3)13-16/h11-13,19H,4-10H2,1-3H3/t17-/m1/s1. The van der Waals surface area contributed by atoms with Crippen molar-refractivity contribution in [3.05, 3.63) is 34.9 Å². The molecule has 0 bridgehead atoms. The summed E-state index contributed by atoms with van der Waals surface area (Å²) < 4.78 is 15.3. The Morgan fingerprint density at radius 2 is 1.58 bits per heavy atom. The van der Waals surface area contributed by atoms with Gasteiger partial charge in [-0.2, -0.15) is 0 Å². The average molecular weight is 266 g/mol. The van der Waals surface area contributed by atoms with Gasteiger partial charge in [0.2, 0.25) is 0 Å². The number of aryl methyl sites for hydroxylation is 2. The number of halogens is 1. The minimum absolute atomic E-state index is 0.0598. The van der Waals surface area contributed by atoms with E-state index in [1.165, 1.54) is 0 Å². The van der Waals surface area contributed by atoms with Crippen molar-refractivity contribution < 1.29 is 9.50 Å². The van der Waals surface area contributed by atoms with Crippen LogP contribution in [0.5, 0.6) is 0 Å². The number of benzene rings is 1. The molecule has 0 amide bonds. The maximum absolute atomic E-state index is 15.3. The van der Waals surface area contributed by atoms with Crippen LogP contribution >= 0.6 is 0 Å². The van der Waals surface area contributed by atoms with Gasteiger partial charge in [0.1, 0.15) is 5.67 Å². The Morgan fingerprint density at radius 1 is 1.00 bits per heavy atom. The highest BCUT2D eigenvalue weighted by atomic mass is 19.1. The van der Waals surface area contributed by atoms with Gasteiger partial charge < -0.3 is 5.11 Å². The van der Waals surface area contributed by atoms with Gasteiger partial charge in [0.15, 0.2) is 0 Å². The van der Waals surface area contributed by atoms with E-state index in [1.807, 2.05) is 26.0 Å². The molecule has 0 unspecified atom stereocenters. The zero-order chi connectivity index (χ0) is 14.3. The molecule has 0 radical (unpaired) electrons. The quantitative estimate of drug-likeness (QED) is 0.669. The first-order valence-corrected chi connectivity index (χ1v) is 7.40. The Bertz CT molecular complexity index is 369. The van der Waals surface area contributed by atoms with Crippen molar-refractivity contribution in [2.75, 3.05) is 6.61 Å². The summed E-state index contributed by atoms with van der Waals surface area (Å²) in [5.74, 6) is 0. The van der Waals surface area contributed by atoms with Crippen molar-refractivity contribution >= 4 is 0 Å². The van der Waals surface area contributed by atoms with Gasteiger partial charge in [-0.15, -0.1) is 0 Å². The van der Waals surface area contributed by atoms with E-state index in [2.05, 4.69) is 13.0 Å². The molecule has 1 nitrogen and oxygen atoms in total. The SMILES string of the molecule is CCCCC[C@@](F)(CCCO)c1cc(C)cc(C)c1. The van der Waals surface area contributed by atoms with Gasteiger partial charge in [-0.3, -0.25) is 0 Å². The third kappa shape index (κ3) is 4.94. The molecule has 0 spiro atoms. The number of aliphatic hydroxyl groups excluding tert-OH is 1. The molecule has 0 heterocycles. The lowest BCUT2D eigenvalue weighted by atomic mass is 9.84. The maximum Gasteiger partial charge on any atom is 0.136 e. The summed E-state index contributed by atoms with van der Waals surface area (Å²) in [4.78, 5) is 0. The van der Waals surface area contributed by atoms with Crippen LogP contribution in [-0.4, -0.2) is 11.7 Å². The van der Waals surface area contributed by atoms with E-state index in [-0.39, 0.29) is 6.61 Å². The lowest BCUT2D eigenvalue weighted by molar-refractivity contribution is 0.117. The van der Waals surface area contributed by atoms with Crippen LogP contribution in [0.4, 0.5) is 4.39 Å². The van der Waals surface area contributed by atoms with Crippen LogP contribution in [0.15, 0.2) is 18.2 Å². The summed E-state index contributed by atoms with van der Waals surface area (Å²) in [6.07, 6.45) is 4.57. The molecule has 0 aliphatic heterocycles. The van der Waals surface area contributed by atoms with Crippen molar-refractivity contribution in [1.29, 1.82) is 0 Å². The smallest absolute Gasteiger partial charge is 0.136 e. The van der Waals surface area contributed by atoms with Gasteiger partial charge in [0, 0.05) is 6.61 Å². The van der Waals surface area contributed by atoms with Gasteiger partial charge in [-0.25, -0.2) is 4.39 Å². The molecule has 1 aromatic rings. The molecular formula is C17H27FO. The largest absolute Gasteiger partial charge is 0.396 e. The van der Waals surface area contributed by atoms with Crippen LogP contribution in [0.25, 0.3) is 0 Å². The van der Waals surface area contributed by atoms with E-state index in [0.29, 0.717) is 19.3 Å². The van der Waals surface area contributed by atoms with Gasteiger partial charge in [-0.05, 0) is 45.1 Å². The molecule has 1 aromatic carbocycles. The molecule has 1 N–H and O–H groups in total. The minimum Gasteiger partial charge on any atom is -0.396 e. The zero-order valence-corrected chi connectivity index (χ0v) is 12.5. The molecular weight excluding hydrogens is 239 g/mol. The van der Waals surface area contributed by atoms with Crippen molar-refractivity contribution in [2.24, 2.45) is 0 Å². The van der Waals surface area contributed by atoms with E-state index in [9.17, 15) is 0 Å². The fourth-order valence-corrected chi connectivity index (χ4v) is 2.66. The van der Waals surface area contributed by atoms with E-state index < -0.39 is 5.67 Å². The van der Waals surface area contributed by atoms with Crippen LogP contribution in [0.2, 0.25) is 0 Å². The Hall–Kier alpha value is -0.890. The molecule has 1 rings (SSSR count). The summed E-state index contributed by atoms with van der Waals surface area (Å²) in [7, 11) is 0. The Kier molecular flexibility index (Phi) is 6.50. The summed E-state index contributed by atoms with van der Waals surface area (Å²) in [6, 6.07) is 5.98. The average Bonchev–Trinajstić information content (AvgIpc) is 2.35. The highest BCUT2D eigenvalue weighted by molar-refractivity contribution is 5.32. The van der Waals surface area contributed by atoms with Crippen LogP contribution < -0.4 is 0 Å². The van der Waals surface area contributed by atoms with Crippen LogP contribution in [-0.2, 0) is 5.67 Å². The number of rotatable bonds is 8. The third-order valence-corrected chi connectivity index (χ3v) is 3.65. The second-order valence-corrected chi connectivity index (χ2v) is 5.63. The predicted octanol–water partition coefficient (Wildman–Crippen LogP) is 4.82. The molecule has 108 valence electrons. The van der Waals surface area contributed by atoms with E-state index in [4.69, 9.17) is 5.11 Å². The third-order valence-electron chi connectivity index (χ3n) is 3.65. The highest BCUT2D eigenvalue weighted by Gasteiger charge is 2.31. The zero-order valence-electron chi connectivity index (χ0n) is 12.5. The van der Waals surface area contributed by atoms with Crippen molar-refractivity contribution in [3.8, 4) is 0 Å². The number of hydrogen-bond donors (Lipinski definition) is 1. The molecule has 2 heteroatoms. The van der Waals surface area contributed by atoms with Crippen LogP contribution in [0.1, 0.15) is 62.1 Å². The summed E-state index contributed by atoms with van der Waals surface area (Å²) >= 11 is 0. The Labute approximate surface area is 116 Å². The second kappa shape index (κ2) is 7.64. The fraction of sp³-hybridized carbons (Fsp3) is 0.647. The molecule has 0 aliphatic carbocycles. The number of unbranched alkanes of at least 4 members (excludes halogenated alkanes) is 2. The van der Waals surface area contributed by atoms with Gasteiger partial charge in [0.05, 0.1) is 0 Å². The maximum atomic E-state index is 15.3. The molecule has 0 aliphatic rings. The normalized spacial score (nSPS) is 14.4. The van der Waals surface area contributed by atoms with Crippen LogP contribution in [0, 0.1) is 13.8 Å². The first-order chi connectivity index (χ1) is 9.01. The predicted molar refractivity (Wildman–Crippen MR) is 79.2 cm³/mol. The van der Waals surface area contributed by atoms with Crippen molar-refractivity contribution in [2.45, 2.75) is 65.0 Å². The minimum atomic E-state index is -1.28.